The minimum Gasteiger partial charge on any atom is -0.359 e. The summed E-state index contributed by atoms with van der Waals surface area (Å²) in [5, 5.41) is 0. The van der Waals surface area contributed by atoms with E-state index in [1.807, 2.05) is 25.7 Å². The number of piperidine rings is 1. The van der Waals surface area contributed by atoms with Gasteiger partial charge in [0.05, 0.1) is 6.54 Å². The Hall–Kier alpha value is -0.660. The zero-order valence-corrected chi connectivity index (χ0v) is 15.7. The predicted octanol–water partition coefficient (Wildman–Crippen LogP) is 4.59. The van der Waals surface area contributed by atoms with Gasteiger partial charge in [0.25, 0.3) is 5.92 Å². The van der Waals surface area contributed by atoms with Crippen LogP contribution in [0.25, 0.3) is 0 Å². The molecule has 4 heteroatoms. The third-order valence-corrected chi connectivity index (χ3v) is 5.08. The highest BCUT2D eigenvalue weighted by Crippen LogP contribution is 2.33. The molecule has 24 heavy (non-hydrogen) atoms. The molecule has 0 aromatic carbocycles. The smallest absolute Gasteiger partial charge is 0.286 e. The summed E-state index contributed by atoms with van der Waals surface area (Å²) in [6.45, 7) is 9.74. The first-order chi connectivity index (χ1) is 11.2. The summed E-state index contributed by atoms with van der Waals surface area (Å²) >= 11 is 0. The molecule has 0 aromatic heterocycles. The molecule has 0 radical (unpaired) electrons. The zero-order valence-electron chi connectivity index (χ0n) is 15.7. The molecule has 2 nitrogen and oxygen atoms in total. The van der Waals surface area contributed by atoms with Crippen molar-refractivity contribution in [1.82, 2.24) is 4.90 Å². The van der Waals surface area contributed by atoms with Gasteiger partial charge in [-0.1, -0.05) is 31.6 Å². The number of halogens is 2. The van der Waals surface area contributed by atoms with Crippen LogP contribution in [0, 0.1) is 29.1 Å². The van der Waals surface area contributed by atoms with E-state index in [1.54, 1.807) is 0 Å². The molecule has 138 valence electrons. The number of alkyl halides is 2. The quantitative estimate of drug-likeness (QED) is 0.694. The van der Waals surface area contributed by atoms with Crippen molar-refractivity contribution in [3.63, 3.8) is 0 Å². The van der Waals surface area contributed by atoms with Gasteiger partial charge in [0.15, 0.2) is 0 Å². The molecular weight excluding hydrogens is 308 g/mol. The summed E-state index contributed by atoms with van der Waals surface area (Å²) < 4.78 is 34.2. The fraction of sp³-hybridized carbons (Fsp3) is 0.900. The van der Waals surface area contributed by atoms with Crippen LogP contribution < -0.4 is 0 Å². The zero-order chi connectivity index (χ0) is 17.8. The lowest BCUT2D eigenvalue weighted by Gasteiger charge is -2.40. The maximum absolute atomic E-state index is 14.4. The van der Waals surface area contributed by atoms with Crippen LogP contribution in [0.2, 0.25) is 0 Å². The Morgan fingerprint density at radius 3 is 2.38 bits per heavy atom. The fourth-order valence-electron chi connectivity index (χ4n) is 3.67. The Balaban J connectivity index is 1.78. The third-order valence-electron chi connectivity index (χ3n) is 5.08. The van der Waals surface area contributed by atoms with Crippen LogP contribution in [-0.2, 0) is 4.74 Å². The van der Waals surface area contributed by atoms with Crippen molar-refractivity contribution in [3.8, 4) is 11.8 Å². The van der Waals surface area contributed by atoms with E-state index in [0.29, 0.717) is 18.9 Å². The van der Waals surface area contributed by atoms with Gasteiger partial charge in [-0.2, -0.15) is 0 Å². The minimum atomic E-state index is -2.77. The van der Waals surface area contributed by atoms with Crippen LogP contribution in [0.15, 0.2) is 0 Å². The van der Waals surface area contributed by atoms with E-state index in [0.717, 1.165) is 12.5 Å². The van der Waals surface area contributed by atoms with Crippen LogP contribution in [0.3, 0.4) is 0 Å². The monoisotopic (exact) mass is 341 g/mol. The van der Waals surface area contributed by atoms with Gasteiger partial charge in [-0.25, -0.2) is 8.78 Å². The van der Waals surface area contributed by atoms with E-state index < -0.39 is 12.0 Å². The van der Waals surface area contributed by atoms with Crippen molar-refractivity contribution >= 4 is 0 Å². The maximum atomic E-state index is 14.4. The van der Waals surface area contributed by atoms with Gasteiger partial charge in [-0.05, 0) is 51.9 Å². The number of hydrogen-bond donors (Lipinski definition) is 0. The molecule has 1 aliphatic carbocycles. The minimum absolute atomic E-state index is 0.0953. The molecule has 0 aromatic rings. The van der Waals surface area contributed by atoms with Gasteiger partial charge in [-0.3, -0.25) is 4.90 Å². The van der Waals surface area contributed by atoms with E-state index in [1.165, 1.54) is 25.7 Å². The van der Waals surface area contributed by atoms with Crippen molar-refractivity contribution < 1.29 is 13.5 Å². The van der Waals surface area contributed by atoms with Gasteiger partial charge in [0, 0.05) is 18.5 Å². The van der Waals surface area contributed by atoms with E-state index in [4.69, 9.17) is 4.74 Å². The molecule has 1 heterocycles. The Morgan fingerprint density at radius 1 is 1.12 bits per heavy atom. The van der Waals surface area contributed by atoms with Gasteiger partial charge >= 0.3 is 0 Å². The molecule has 0 amide bonds. The lowest BCUT2D eigenvalue weighted by Crippen LogP contribution is -2.53. The summed E-state index contributed by atoms with van der Waals surface area (Å²) in [6.07, 6.45) is 4.26. The SMILES string of the molecule is CC1CCC(CN2CC[C@@H](OCC#CC(C)(C)C)C(F)(F)C2)CC1. The van der Waals surface area contributed by atoms with Gasteiger partial charge < -0.3 is 4.74 Å². The summed E-state index contributed by atoms with van der Waals surface area (Å²) in [7, 11) is 0. The Morgan fingerprint density at radius 2 is 1.79 bits per heavy atom. The van der Waals surface area contributed by atoms with E-state index in [-0.39, 0.29) is 18.6 Å². The predicted molar refractivity (Wildman–Crippen MR) is 94.1 cm³/mol. The van der Waals surface area contributed by atoms with Crippen LogP contribution in [0.5, 0.6) is 0 Å². The van der Waals surface area contributed by atoms with Gasteiger partial charge in [-0.15, -0.1) is 0 Å². The van der Waals surface area contributed by atoms with Crippen molar-refractivity contribution in [3.05, 3.63) is 0 Å². The number of nitrogens with zero attached hydrogens (tertiary/aromatic N) is 1. The Bertz CT molecular complexity index is 452. The first-order valence-corrected chi connectivity index (χ1v) is 9.37. The lowest BCUT2D eigenvalue weighted by atomic mass is 9.82. The number of ether oxygens (including phenoxy) is 1. The highest BCUT2D eigenvalue weighted by Gasteiger charge is 2.45. The van der Waals surface area contributed by atoms with E-state index >= 15 is 0 Å². The molecular formula is C20H33F2NO. The molecule has 2 rings (SSSR count). The normalized spacial score (nSPS) is 31.3. The summed E-state index contributed by atoms with van der Waals surface area (Å²) in [4.78, 5) is 1.95. The number of likely N-dealkylation sites (tertiary alicyclic amines) is 1. The second kappa shape index (κ2) is 8.15. The topological polar surface area (TPSA) is 12.5 Å². The van der Waals surface area contributed by atoms with Gasteiger partial charge in [0.1, 0.15) is 12.7 Å². The van der Waals surface area contributed by atoms with E-state index in [9.17, 15) is 8.78 Å². The number of hydrogen-bond acceptors (Lipinski definition) is 2. The molecule has 1 atom stereocenters. The first kappa shape index (κ1) is 19.7. The van der Waals surface area contributed by atoms with Crippen LogP contribution in [0.4, 0.5) is 8.78 Å². The fourth-order valence-corrected chi connectivity index (χ4v) is 3.67. The Kier molecular flexibility index (Phi) is 6.67. The highest BCUT2D eigenvalue weighted by atomic mass is 19.3. The largest absolute Gasteiger partial charge is 0.359 e. The highest BCUT2D eigenvalue weighted by molar-refractivity contribution is 5.07. The maximum Gasteiger partial charge on any atom is 0.286 e. The summed E-state index contributed by atoms with van der Waals surface area (Å²) in [5.41, 5.74) is -0.118. The van der Waals surface area contributed by atoms with Crippen molar-refractivity contribution in [2.75, 3.05) is 26.2 Å². The van der Waals surface area contributed by atoms with Crippen LogP contribution in [-0.4, -0.2) is 43.2 Å². The molecule has 1 saturated heterocycles. The summed E-state index contributed by atoms with van der Waals surface area (Å²) in [5.74, 6) is 4.51. The molecule has 0 N–H and O–H groups in total. The summed E-state index contributed by atoms with van der Waals surface area (Å²) in [6, 6.07) is 0. The molecule has 1 saturated carbocycles. The second-order valence-corrected chi connectivity index (χ2v) is 8.76. The number of rotatable bonds is 4. The third kappa shape index (κ3) is 6.33. The van der Waals surface area contributed by atoms with Crippen LogP contribution >= 0.6 is 0 Å². The van der Waals surface area contributed by atoms with E-state index in [2.05, 4.69) is 18.8 Å². The van der Waals surface area contributed by atoms with Crippen LogP contribution in [0.1, 0.15) is 59.8 Å². The second-order valence-electron chi connectivity index (χ2n) is 8.76. The average Bonchev–Trinajstić information content (AvgIpc) is 2.46. The standard InChI is InChI=1S/C20H33F2NO/c1-16-6-8-17(9-7-16)14-23-12-10-18(20(21,22)15-23)24-13-5-11-19(2,3)4/h16-18H,6-10,12-15H2,1-4H3/t16?,17?,18-/m1/s1. The average molecular weight is 341 g/mol. The molecule has 0 bridgehead atoms. The molecule has 2 aliphatic rings. The Labute approximate surface area is 146 Å². The van der Waals surface area contributed by atoms with Gasteiger partial charge in [0.2, 0.25) is 0 Å². The molecule has 0 spiro atoms. The van der Waals surface area contributed by atoms with Crippen molar-refractivity contribution in [1.29, 1.82) is 0 Å². The molecule has 0 unspecified atom stereocenters. The van der Waals surface area contributed by atoms with Crippen molar-refractivity contribution in [2.24, 2.45) is 17.3 Å². The lowest BCUT2D eigenvalue weighted by molar-refractivity contribution is -0.169. The molecule has 2 fully saturated rings. The first-order valence-electron chi connectivity index (χ1n) is 9.37. The molecule has 1 aliphatic heterocycles. The van der Waals surface area contributed by atoms with Crippen molar-refractivity contribution in [2.45, 2.75) is 71.8 Å².